The summed E-state index contributed by atoms with van der Waals surface area (Å²) in [5, 5.41) is 18.2. The first-order valence-corrected chi connectivity index (χ1v) is 6.28. The molecule has 0 aliphatic carbocycles. The van der Waals surface area contributed by atoms with Crippen LogP contribution in [-0.4, -0.2) is 45.5 Å². The summed E-state index contributed by atoms with van der Waals surface area (Å²) < 4.78 is 0. The summed E-state index contributed by atoms with van der Waals surface area (Å²) in [7, 11) is 0. The number of carbonyl (C=O) groups is 3. The van der Waals surface area contributed by atoms with Crippen LogP contribution in [-0.2, 0) is 20.8 Å². The zero-order valence-corrected chi connectivity index (χ0v) is 10.7. The maximum atomic E-state index is 11.8. The van der Waals surface area contributed by atoms with E-state index in [1.807, 2.05) is 6.07 Å². The zero-order chi connectivity index (χ0) is 14.7. The van der Waals surface area contributed by atoms with Gasteiger partial charge in [-0.15, -0.1) is 0 Å². The van der Waals surface area contributed by atoms with Crippen molar-refractivity contribution in [2.45, 2.75) is 18.9 Å². The van der Waals surface area contributed by atoms with Gasteiger partial charge in [-0.25, -0.2) is 4.79 Å². The quantitative estimate of drug-likeness (QED) is 0.822. The average molecular weight is 277 g/mol. The van der Waals surface area contributed by atoms with Crippen molar-refractivity contribution in [3.63, 3.8) is 0 Å². The molecule has 1 amide bonds. The maximum absolute atomic E-state index is 11.8. The van der Waals surface area contributed by atoms with E-state index in [-0.39, 0.29) is 19.4 Å². The van der Waals surface area contributed by atoms with Gasteiger partial charge in [0.05, 0.1) is 5.92 Å². The summed E-state index contributed by atoms with van der Waals surface area (Å²) in [6.07, 6.45) is 0.0438. The highest BCUT2D eigenvalue weighted by molar-refractivity contribution is 5.89. The summed E-state index contributed by atoms with van der Waals surface area (Å²) in [5.74, 6) is -3.42. The monoisotopic (exact) mass is 277 g/mol. The highest BCUT2D eigenvalue weighted by atomic mass is 16.4. The molecular weight excluding hydrogens is 262 g/mol. The molecule has 6 nitrogen and oxygen atoms in total. The topological polar surface area (TPSA) is 94.9 Å². The molecule has 1 heterocycles. The summed E-state index contributed by atoms with van der Waals surface area (Å²) >= 11 is 0. The number of likely N-dealkylation sites (tertiary alicyclic amines) is 1. The van der Waals surface area contributed by atoms with Crippen molar-refractivity contribution in [2.24, 2.45) is 5.92 Å². The fourth-order valence-corrected chi connectivity index (χ4v) is 2.37. The second kappa shape index (κ2) is 5.73. The Hall–Kier alpha value is -2.37. The molecule has 0 aromatic heterocycles. The third-order valence-corrected chi connectivity index (χ3v) is 3.44. The summed E-state index contributed by atoms with van der Waals surface area (Å²) in [6, 6.07) is 7.95. The molecule has 1 aliphatic heterocycles. The number of benzene rings is 1. The molecule has 20 heavy (non-hydrogen) atoms. The van der Waals surface area contributed by atoms with Crippen LogP contribution in [0.4, 0.5) is 0 Å². The molecular formula is C14H15NO5. The first-order chi connectivity index (χ1) is 9.49. The molecule has 0 saturated carbocycles. The van der Waals surface area contributed by atoms with Gasteiger partial charge >= 0.3 is 11.9 Å². The van der Waals surface area contributed by atoms with Crippen molar-refractivity contribution in [2.75, 3.05) is 6.54 Å². The number of hydrogen-bond donors (Lipinski definition) is 2. The van der Waals surface area contributed by atoms with Crippen LogP contribution in [0.15, 0.2) is 30.3 Å². The first-order valence-electron chi connectivity index (χ1n) is 6.28. The van der Waals surface area contributed by atoms with Crippen molar-refractivity contribution < 1.29 is 24.6 Å². The minimum atomic E-state index is -1.12. The molecule has 106 valence electrons. The van der Waals surface area contributed by atoms with Crippen molar-refractivity contribution in [1.29, 1.82) is 0 Å². The van der Waals surface area contributed by atoms with E-state index in [1.54, 1.807) is 24.3 Å². The number of amides is 1. The third kappa shape index (κ3) is 2.96. The summed E-state index contributed by atoms with van der Waals surface area (Å²) in [5.41, 5.74) is 0.798. The lowest BCUT2D eigenvalue weighted by molar-refractivity contribution is -0.148. The summed E-state index contributed by atoms with van der Waals surface area (Å²) in [4.78, 5) is 35.3. The summed E-state index contributed by atoms with van der Waals surface area (Å²) in [6.45, 7) is -0.0437. The van der Waals surface area contributed by atoms with Gasteiger partial charge in [0, 0.05) is 19.4 Å². The van der Waals surface area contributed by atoms with Crippen molar-refractivity contribution in [1.82, 2.24) is 4.90 Å². The molecule has 2 rings (SSSR count). The number of nitrogens with zero attached hydrogens (tertiary/aromatic N) is 1. The fraction of sp³-hybridized carbons (Fsp3) is 0.357. The van der Waals surface area contributed by atoms with Crippen LogP contribution < -0.4 is 0 Å². The number of hydrogen-bond acceptors (Lipinski definition) is 3. The molecule has 1 aromatic carbocycles. The van der Waals surface area contributed by atoms with Crippen LogP contribution in [0.5, 0.6) is 0 Å². The van der Waals surface area contributed by atoms with E-state index in [2.05, 4.69) is 0 Å². The molecule has 0 spiro atoms. The average Bonchev–Trinajstić information content (AvgIpc) is 2.79. The predicted molar refractivity (Wildman–Crippen MR) is 69.0 cm³/mol. The van der Waals surface area contributed by atoms with Crippen molar-refractivity contribution in [3.05, 3.63) is 35.9 Å². The lowest BCUT2D eigenvalue weighted by atomic mass is 10.0. The Morgan fingerprint density at radius 2 is 1.90 bits per heavy atom. The van der Waals surface area contributed by atoms with Crippen LogP contribution in [0.25, 0.3) is 0 Å². The largest absolute Gasteiger partial charge is 0.481 e. The van der Waals surface area contributed by atoms with Gasteiger partial charge in [-0.1, -0.05) is 30.3 Å². The SMILES string of the molecule is O=C(O)C1CC(=O)N(C(Cc2ccccc2)C(=O)O)C1. The van der Waals surface area contributed by atoms with Gasteiger partial charge in [-0.3, -0.25) is 9.59 Å². The predicted octanol–water partition coefficient (Wildman–Crippen LogP) is 0.615. The van der Waals surface area contributed by atoms with Gasteiger partial charge in [0.2, 0.25) is 5.91 Å². The van der Waals surface area contributed by atoms with Gasteiger partial charge in [-0.05, 0) is 5.56 Å². The molecule has 1 aliphatic rings. The Bertz CT molecular complexity index is 528. The second-order valence-electron chi connectivity index (χ2n) is 4.83. The number of carboxylic acid groups (broad SMARTS) is 2. The highest BCUT2D eigenvalue weighted by Crippen LogP contribution is 2.22. The molecule has 0 bridgehead atoms. The maximum Gasteiger partial charge on any atom is 0.326 e. The third-order valence-electron chi connectivity index (χ3n) is 3.44. The second-order valence-corrected chi connectivity index (χ2v) is 4.83. The van der Waals surface area contributed by atoms with Crippen molar-refractivity contribution >= 4 is 17.8 Å². The molecule has 1 saturated heterocycles. The van der Waals surface area contributed by atoms with E-state index in [9.17, 15) is 19.5 Å². The van der Waals surface area contributed by atoms with Crippen LogP contribution in [0.2, 0.25) is 0 Å². The first kappa shape index (κ1) is 14.0. The van der Waals surface area contributed by atoms with Gasteiger partial charge in [0.15, 0.2) is 0 Å². The van der Waals surface area contributed by atoms with Crippen LogP contribution >= 0.6 is 0 Å². The molecule has 0 radical (unpaired) electrons. The van der Waals surface area contributed by atoms with Crippen LogP contribution in [0.3, 0.4) is 0 Å². The van der Waals surface area contributed by atoms with Crippen molar-refractivity contribution in [3.8, 4) is 0 Å². The van der Waals surface area contributed by atoms with E-state index in [0.29, 0.717) is 0 Å². The number of aliphatic carboxylic acids is 2. The van der Waals surface area contributed by atoms with Gasteiger partial charge in [0.25, 0.3) is 0 Å². The van der Waals surface area contributed by atoms with Gasteiger partial charge in [0.1, 0.15) is 6.04 Å². The van der Waals surface area contributed by atoms with E-state index in [1.165, 1.54) is 0 Å². The Morgan fingerprint density at radius 3 is 2.40 bits per heavy atom. The minimum Gasteiger partial charge on any atom is -0.481 e. The fourth-order valence-electron chi connectivity index (χ4n) is 2.37. The van der Waals surface area contributed by atoms with E-state index in [0.717, 1.165) is 10.5 Å². The lowest BCUT2D eigenvalue weighted by Crippen LogP contribution is -2.44. The molecule has 2 N–H and O–H groups in total. The lowest BCUT2D eigenvalue weighted by Gasteiger charge is -2.24. The standard InChI is InChI=1S/C14H15NO5/c16-12-7-10(13(17)18)8-15(12)11(14(19)20)6-9-4-2-1-3-5-9/h1-5,10-11H,6-8H2,(H,17,18)(H,19,20). The Balaban J connectivity index is 2.15. The molecule has 6 heteroatoms. The van der Waals surface area contributed by atoms with Crippen LogP contribution in [0, 0.1) is 5.92 Å². The van der Waals surface area contributed by atoms with E-state index < -0.39 is 29.8 Å². The minimum absolute atomic E-state index is 0.0437. The smallest absolute Gasteiger partial charge is 0.326 e. The molecule has 1 aromatic rings. The Labute approximate surface area is 115 Å². The van der Waals surface area contributed by atoms with Gasteiger partial charge < -0.3 is 15.1 Å². The number of carboxylic acids is 2. The van der Waals surface area contributed by atoms with E-state index in [4.69, 9.17) is 5.11 Å². The normalized spacial score (nSPS) is 19.9. The van der Waals surface area contributed by atoms with Crippen LogP contribution in [0.1, 0.15) is 12.0 Å². The highest BCUT2D eigenvalue weighted by Gasteiger charge is 2.40. The molecule has 1 fully saturated rings. The zero-order valence-electron chi connectivity index (χ0n) is 10.7. The Kier molecular flexibility index (Phi) is 4.02. The number of carbonyl (C=O) groups excluding carboxylic acids is 1. The molecule has 2 unspecified atom stereocenters. The van der Waals surface area contributed by atoms with E-state index >= 15 is 0 Å². The molecule has 2 atom stereocenters. The number of rotatable bonds is 5. The van der Waals surface area contributed by atoms with Gasteiger partial charge in [-0.2, -0.15) is 0 Å². The Morgan fingerprint density at radius 1 is 1.25 bits per heavy atom.